The van der Waals surface area contributed by atoms with Gasteiger partial charge < -0.3 is 4.74 Å². The minimum Gasteiger partial charge on any atom is -0.490 e. The van der Waals surface area contributed by atoms with E-state index in [1.54, 1.807) is 0 Å². The summed E-state index contributed by atoms with van der Waals surface area (Å²) in [6, 6.07) is 3.95. The van der Waals surface area contributed by atoms with Crippen molar-refractivity contribution in [3.63, 3.8) is 0 Å². The van der Waals surface area contributed by atoms with Crippen molar-refractivity contribution in [1.29, 1.82) is 0 Å². The van der Waals surface area contributed by atoms with E-state index in [0.29, 0.717) is 11.3 Å². The molecule has 0 bridgehead atoms. The van der Waals surface area contributed by atoms with E-state index in [9.17, 15) is 9.18 Å². The van der Waals surface area contributed by atoms with Gasteiger partial charge in [-0.05, 0) is 39.0 Å². The van der Waals surface area contributed by atoms with Crippen LogP contribution in [0.15, 0.2) is 18.2 Å². The molecule has 0 aromatic heterocycles. The Morgan fingerprint density at radius 1 is 1.43 bits per heavy atom. The SMILES string of the molecule is CC(=O)c1cc(F)ccc1OC(C)C. The van der Waals surface area contributed by atoms with Crippen LogP contribution < -0.4 is 4.74 Å². The standard InChI is InChI=1S/C11H13FO2/c1-7(2)14-11-5-4-9(12)6-10(11)8(3)13/h4-7H,1-3H3. The number of hydrogen-bond acceptors (Lipinski definition) is 2. The van der Waals surface area contributed by atoms with E-state index in [1.165, 1.54) is 25.1 Å². The Hall–Kier alpha value is -1.38. The van der Waals surface area contributed by atoms with Crippen molar-refractivity contribution in [1.82, 2.24) is 0 Å². The second kappa shape index (κ2) is 4.22. The lowest BCUT2D eigenvalue weighted by Crippen LogP contribution is -2.09. The Bertz CT molecular complexity index is 345. The Balaban J connectivity index is 3.08. The molecular formula is C11H13FO2. The first-order valence-corrected chi connectivity index (χ1v) is 4.48. The van der Waals surface area contributed by atoms with Gasteiger partial charge in [0.2, 0.25) is 0 Å². The first-order chi connectivity index (χ1) is 6.50. The number of hydrogen-bond donors (Lipinski definition) is 0. The molecule has 14 heavy (non-hydrogen) atoms. The van der Waals surface area contributed by atoms with Crippen LogP contribution in [-0.4, -0.2) is 11.9 Å². The van der Waals surface area contributed by atoms with Crippen LogP contribution in [0.4, 0.5) is 4.39 Å². The minimum atomic E-state index is -0.425. The van der Waals surface area contributed by atoms with Crippen LogP contribution in [0.3, 0.4) is 0 Å². The van der Waals surface area contributed by atoms with Gasteiger partial charge in [0, 0.05) is 0 Å². The molecule has 0 amide bonds. The Labute approximate surface area is 82.7 Å². The van der Waals surface area contributed by atoms with Crippen LogP contribution >= 0.6 is 0 Å². The van der Waals surface area contributed by atoms with Crippen molar-refractivity contribution in [2.45, 2.75) is 26.9 Å². The summed E-state index contributed by atoms with van der Waals surface area (Å²) in [6.45, 7) is 5.10. The third-order valence-electron chi connectivity index (χ3n) is 1.68. The largest absolute Gasteiger partial charge is 0.490 e. The van der Waals surface area contributed by atoms with Gasteiger partial charge in [-0.1, -0.05) is 0 Å². The van der Waals surface area contributed by atoms with Gasteiger partial charge in [0.15, 0.2) is 5.78 Å². The number of Topliss-reactive ketones (excluding diaryl/α,β-unsaturated/α-hetero) is 1. The van der Waals surface area contributed by atoms with Gasteiger partial charge >= 0.3 is 0 Å². The van der Waals surface area contributed by atoms with Crippen molar-refractivity contribution < 1.29 is 13.9 Å². The molecule has 76 valence electrons. The van der Waals surface area contributed by atoms with Crippen LogP contribution in [0.5, 0.6) is 5.75 Å². The monoisotopic (exact) mass is 196 g/mol. The molecule has 0 spiro atoms. The van der Waals surface area contributed by atoms with Gasteiger partial charge in [0.25, 0.3) is 0 Å². The minimum absolute atomic E-state index is 0.0291. The molecule has 0 unspecified atom stereocenters. The Morgan fingerprint density at radius 3 is 2.57 bits per heavy atom. The number of ether oxygens (including phenoxy) is 1. The van der Waals surface area contributed by atoms with Crippen LogP contribution in [0.2, 0.25) is 0 Å². The molecule has 2 nitrogen and oxygen atoms in total. The van der Waals surface area contributed by atoms with Gasteiger partial charge in [0.1, 0.15) is 11.6 Å². The van der Waals surface area contributed by atoms with Crippen LogP contribution in [0.1, 0.15) is 31.1 Å². The van der Waals surface area contributed by atoms with E-state index in [4.69, 9.17) is 4.74 Å². The maximum Gasteiger partial charge on any atom is 0.163 e. The summed E-state index contributed by atoms with van der Waals surface area (Å²) in [5, 5.41) is 0. The van der Waals surface area contributed by atoms with E-state index in [-0.39, 0.29) is 11.9 Å². The third-order valence-corrected chi connectivity index (χ3v) is 1.68. The van der Waals surface area contributed by atoms with Crippen molar-refractivity contribution in [3.8, 4) is 5.75 Å². The van der Waals surface area contributed by atoms with E-state index in [2.05, 4.69) is 0 Å². The van der Waals surface area contributed by atoms with E-state index < -0.39 is 5.82 Å². The molecule has 0 saturated carbocycles. The molecular weight excluding hydrogens is 183 g/mol. The highest BCUT2D eigenvalue weighted by Crippen LogP contribution is 2.21. The second-order valence-corrected chi connectivity index (χ2v) is 3.36. The molecule has 0 aliphatic carbocycles. The lowest BCUT2D eigenvalue weighted by Gasteiger charge is -2.12. The van der Waals surface area contributed by atoms with Crippen molar-refractivity contribution in [2.75, 3.05) is 0 Å². The summed E-state index contributed by atoms with van der Waals surface area (Å²) < 4.78 is 18.2. The van der Waals surface area contributed by atoms with Crippen molar-refractivity contribution in [2.24, 2.45) is 0 Å². The molecule has 3 heteroatoms. The maximum absolute atomic E-state index is 12.8. The summed E-state index contributed by atoms with van der Waals surface area (Å²) in [7, 11) is 0. The lowest BCUT2D eigenvalue weighted by atomic mass is 10.1. The number of rotatable bonds is 3. The highest BCUT2D eigenvalue weighted by molar-refractivity contribution is 5.96. The fourth-order valence-corrected chi connectivity index (χ4v) is 1.13. The third kappa shape index (κ3) is 2.55. The van der Waals surface area contributed by atoms with Crippen LogP contribution in [-0.2, 0) is 0 Å². The number of carbonyl (C=O) groups is 1. The summed E-state index contributed by atoms with van der Waals surface area (Å²) in [4.78, 5) is 11.2. The maximum atomic E-state index is 12.8. The Morgan fingerprint density at radius 2 is 2.07 bits per heavy atom. The molecule has 1 rings (SSSR count). The molecule has 0 heterocycles. The summed E-state index contributed by atoms with van der Waals surface area (Å²) in [5.41, 5.74) is 0.290. The molecule has 0 radical (unpaired) electrons. The molecule has 0 atom stereocenters. The normalized spacial score (nSPS) is 10.4. The van der Waals surface area contributed by atoms with Gasteiger partial charge in [-0.15, -0.1) is 0 Å². The van der Waals surface area contributed by atoms with E-state index >= 15 is 0 Å². The van der Waals surface area contributed by atoms with Gasteiger partial charge in [0.05, 0.1) is 11.7 Å². The van der Waals surface area contributed by atoms with Crippen LogP contribution in [0.25, 0.3) is 0 Å². The van der Waals surface area contributed by atoms with Gasteiger partial charge in [-0.2, -0.15) is 0 Å². The molecule has 0 fully saturated rings. The molecule has 0 saturated heterocycles. The first kappa shape index (κ1) is 10.7. The molecule has 1 aromatic rings. The Kier molecular flexibility index (Phi) is 3.23. The average Bonchev–Trinajstić information content (AvgIpc) is 2.07. The van der Waals surface area contributed by atoms with Crippen molar-refractivity contribution in [3.05, 3.63) is 29.6 Å². The zero-order valence-electron chi connectivity index (χ0n) is 8.50. The van der Waals surface area contributed by atoms with E-state index in [0.717, 1.165) is 0 Å². The summed E-state index contributed by atoms with van der Waals surface area (Å²) in [5.74, 6) is -0.180. The second-order valence-electron chi connectivity index (χ2n) is 3.36. The zero-order valence-corrected chi connectivity index (χ0v) is 8.50. The van der Waals surface area contributed by atoms with Gasteiger partial charge in [-0.3, -0.25) is 4.79 Å². The zero-order chi connectivity index (χ0) is 10.7. The quantitative estimate of drug-likeness (QED) is 0.695. The number of carbonyl (C=O) groups excluding carboxylic acids is 1. The molecule has 0 aliphatic heterocycles. The fourth-order valence-electron chi connectivity index (χ4n) is 1.13. The summed E-state index contributed by atoms with van der Waals surface area (Å²) in [6.07, 6.45) is -0.0291. The number of benzene rings is 1. The molecule has 0 aliphatic rings. The summed E-state index contributed by atoms with van der Waals surface area (Å²) >= 11 is 0. The highest BCUT2D eigenvalue weighted by atomic mass is 19.1. The highest BCUT2D eigenvalue weighted by Gasteiger charge is 2.10. The predicted octanol–water partition coefficient (Wildman–Crippen LogP) is 2.82. The van der Waals surface area contributed by atoms with Crippen molar-refractivity contribution >= 4 is 5.78 Å². The first-order valence-electron chi connectivity index (χ1n) is 4.48. The smallest absolute Gasteiger partial charge is 0.163 e. The average molecular weight is 196 g/mol. The predicted molar refractivity (Wildman–Crippen MR) is 52.2 cm³/mol. The van der Waals surface area contributed by atoms with Crippen LogP contribution in [0, 0.1) is 5.82 Å². The topological polar surface area (TPSA) is 26.3 Å². The van der Waals surface area contributed by atoms with E-state index in [1.807, 2.05) is 13.8 Å². The fraction of sp³-hybridized carbons (Fsp3) is 0.364. The van der Waals surface area contributed by atoms with Gasteiger partial charge in [-0.25, -0.2) is 4.39 Å². The lowest BCUT2D eigenvalue weighted by molar-refractivity contribution is 0.101. The number of halogens is 1. The number of ketones is 1. The molecule has 0 N–H and O–H groups in total. The molecule has 1 aromatic carbocycles.